The normalized spacial score (nSPS) is 12.2. The molecule has 136 valence electrons. The molecular formula is C19H19F2N3OS. The second-order valence-corrected chi connectivity index (χ2v) is 6.89. The van der Waals surface area contributed by atoms with Crippen molar-refractivity contribution in [3.05, 3.63) is 71.1 Å². The fraction of sp³-hybridized carbons (Fsp3) is 0.263. The molecule has 2 aromatic carbocycles. The predicted octanol–water partition coefficient (Wildman–Crippen LogP) is 4.83. The Bertz CT molecular complexity index is 914. The number of benzene rings is 2. The molecule has 0 aliphatic heterocycles. The molecule has 1 atom stereocenters. The SMILES string of the molecule is Cc1ccccc1CSc1nnc(C(C)Oc2ccc(F)cc2F)n1C. The zero-order chi connectivity index (χ0) is 18.7. The van der Waals surface area contributed by atoms with Crippen molar-refractivity contribution in [1.82, 2.24) is 14.8 Å². The summed E-state index contributed by atoms with van der Waals surface area (Å²) < 4.78 is 34.2. The average Bonchev–Trinajstić information content (AvgIpc) is 2.97. The predicted molar refractivity (Wildman–Crippen MR) is 97.1 cm³/mol. The van der Waals surface area contributed by atoms with Crippen molar-refractivity contribution in [2.75, 3.05) is 0 Å². The van der Waals surface area contributed by atoms with Crippen LogP contribution >= 0.6 is 11.8 Å². The van der Waals surface area contributed by atoms with E-state index in [0.717, 1.165) is 23.0 Å². The Morgan fingerprint density at radius 2 is 1.92 bits per heavy atom. The summed E-state index contributed by atoms with van der Waals surface area (Å²) in [5, 5.41) is 9.11. The van der Waals surface area contributed by atoms with Gasteiger partial charge in [0.1, 0.15) is 5.82 Å². The van der Waals surface area contributed by atoms with Gasteiger partial charge in [-0.3, -0.25) is 0 Å². The van der Waals surface area contributed by atoms with Crippen molar-refractivity contribution in [1.29, 1.82) is 0 Å². The van der Waals surface area contributed by atoms with E-state index in [0.29, 0.717) is 5.82 Å². The summed E-state index contributed by atoms with van der Waals surface area (Å²) in [7, 11) is 1.84. The van der Waals surface area contributed by atoms with Gasteiger partial charge in [0.05, 0.1) is 0 Å². The first kappa shape index (κ1) is 18.4. The minimum absolute atomic E-state index is 0.0176. The van der Waals surface area contributed by atoms with E-state index in [-0.39, 0.29) is 5.75 Å². The zero-order valence-electron chi connectivity index (χ0n) is 14.7. The molecule has 3 rings (SSSR count). The molecule has 3 aromatic rings. The van der Waals surface area contributed by atoms with Gasteiger partial charge in [0.2, 0.25) is 0 Å². The topological polar surface area (TPSA) is 39.9 Å². The van der Waals surface area contributed by atoms with Crippen molar-refractivity contribution in [2.24, 2.45) is 7.05 Å². The van der Waals surface area contributed by atoms with Gasteiger partial charge in [-0.25, -0.2) is 8.78 Å². The van der Waals surface area contributed by atoms with E-state index in [1.807, 2.05) is 23.7 Å². The Labute approximate surface area is 155 Å². The molecule has 1 heterocycles. The van der Waals surface area contributed by atoms with Crippen LogP contribution in [0.5, 0.6) is 5.75 Å². The molecule has 0 aliphatic carbocycles. The molecule has 0 amide bonds. The van der Waals surface area contributed by atoms with Crippen molar-refractivity contribution in [3.8, 4) is 5.75 Å². The Kier molecular flexibility index (Phi) is 5.56. The van der Waals surface area contributed by atoms with Crippen molar-refractivity contribution in [2.45, 2.75) is 30.9 Å². The molecule has 0 saturated heterocycles. The number of aryl methyl sites for hydroxylation is 1. The Morgan fingerprint density at radius 3 is 2.65 bits per heavy atom. The van der Waals surface area contributed by atoms with Crippen LogP contribution in [0.25, 0.3) is 0 Å². The molecule has 0 bridgehead atoms. The molecular weight excluding hydrogens is 356 g/mol. The summed E-state index contributed by atoms with van der Waals surface area (Å²) in [5.74, 6) is -0.0539. The minimum Gasteiger partial charge on any atom is -0.480 e. The Balaban J connectivity index is 1.70. The highest BCUT2D eigenvalue weighted by Crippen LogP contribution is 2.27. The third kappa shape index (κ3) is 4.04. The highest BCUT2D eigenvalue weighted by atomic mass is 32.2. The standard InChI is InChI=1S/C19H19F2N3OS/c1-12-6-4-5-7-14(12)11-26-19-23-22-18(24(19)3)13(2)25-17-9-8-15(20)10-16(17)21/h4-10,13H,11H2,1-3H3. The van der Waals surface area contributed by atoms with Crippen LogP contribution in [-0.2, 0) is 12.8 Å². The van der Waals surface area contributed by atoms with Gasteiger partial charge >= 0.3 is 0 Å². The average molecular weight is 375 g/mol. The fourth-order valence-corrected chi connectivity index (χ4v) is 3.53. The maximum absolute atomic E-state index is 13.8. The third-order valence-electron chi connectivity index (χ3n) is 4.05. The number of hydrogen-bond acceptors (Lipinski definition) is 4. The van der Waals surface area contributed by atoms with Crippen LogP contribution < -0.4 is 4.74 Å². The largest absolute Gasteiger partial charge is 0.480 e. The van der Waals surface area contributed by atoms with Gasteiger partial charge in [-0.2, -0.15) is 0 Å². The molecule has 0 N–H and O–H groups in total. The summed E-state index contributed by atoms with van der Waals surface area (Å²) in [6.07, 6.45) is -0.528. The first-order valence-corrected chi connectivity index (χ1v) is 9.12. The van der Waals surface area contributed by atoms with E-state index in [9.17, 15) is 8.78 Å². The first-order valence-electron chi connectivity index (χ1n) is 8.14. The monoisotopic (exact) mass is 375 g/mol. The van der Waals surface area contributed by atoms with Gasteiger partial charge in [-0.1, -0.05) is 36.0 Å². The fourth-order valence-electron chi connectivity index (χ4n) is 2.53. The first-order chi connectivity index (χ1) is 12.5. The summed E-state index contributed by atoms with van der Waals surface area (Å²) in [6, 6.07) is 11.4. The summed E-state index contributed by atoms with van der Waals surface area (Å²) in [6.45, 7) is 3.83. The van der Waals surface area contributed by atoms with Crippen LogP contribution in [0.1, 0.15) is 30.0 Å². The smallest absolute Gasteiger partial charge is 0.191 e. The third-order valence-corrected chi connectivity index (χ3v) is 5.12. The molecule has 1 aromatic heterocycles. The molecule has 4 nitrogen and oxygen atoms in total. The molecule has 0 spiro atoms. The second-order valence-electron chi connectivity index (χ2n) is 5.95. The zero-order valence-corrected chi connectivity index (χ0v) is 15.6. The molecule has 7 heteroatoms. The summed E-state index contributed by atoms with van der Waals surface area (Å²) >= 11 is 1.57. The van der Waals surface area contributed by atoms with Gasteiger partial charge in [-0.15, -0.1) is 10.2 Å². The van der Waals surface area contributed by atoms with Crippen molar-refractivity contribution < 1.29 is 13.5 Å². The quantitative estimate of drug-likeness (QED) is 0.579. The van der Waals surface area contributed by atoms with Crippen molar-refractivity contribution in [3.63, 3.8) is 0 Å². The number of aromatic nitrogens is 3. The number of nitrogens with zero attached hydrogens (tertiary/aromatic N) is 3. The van der Waals surface area contributed by atoms with E-state index < -0.39 is 17.7 Å². The highest BCUT2D eigenvalue weighted by Gasteiger charge is 2.19. The molecule has 0 fully saturated rings. The Morgan fingerprint density at radius 1 is 1.15 bits per heavy atom. The molecule has 26 heavy (non-hydrogen) atoms. The van der Waals surface area contributed by atoms with Gasteiger partial charge in [0.25, 0.3) is 0 Å². The minimum atomic E-state index is -0.742. The van der Waals surface area contributed by atoms with Crippen LogP contribution in [0.15, 0.2) is 47.6 Å². The van der Waals surface area contributed by atoms with Crippen LogP contribution in [-0.4, -0.2) is 14.8 Å². The Hall–Kier alpha value is -2.41. The summed E-state index contributed by atoms with van der Waals surface area (Å²) in [5.41, 5.74) is 2.46. The summed E-state index contributed by atoms with van der Waals surface area (Å²) in [4.78, 5) is 0. The second kappa shape index (κ2) is 7.86. The molecule has 0 aliphatic rings. The lowest BCUT2D eigenvalue weighted by molar-refractivity contribution is 0.201. The number of hydrogen-bond donors (Lipinski definition) is 0. The lowest BCUT2D eigenvalue weighted by Crippen LogP contribution is -2.11. The molecule has 0 saturated carbocycles. The van der Waals surface area contributed by atoms with Crippen LogP contribution in [0.3, 0.4) is 0 Å². The van der Waals surface area contributed by atoms with Crippen LogP contribution in [0.4, 0.5) is 8.78 Å². The van der Waals surface area contributed by atoms with Gasteiger partial charge in [0.15, 0.2) is 28.7 Å². The molecule has 0 radical (unpaired) electrons. The van der Waals surface area contributed by atoms with E-state index >= 15 is 0 Å². The number of ether oxygens (including phenoxy) is 1. The van der Waals surface area contributed by atoms with Gasteiger partial charge in [-0.05, 0) is 37.1 Å². The number of thioether (sulfide) groups is 1. The maximum Gasteiger partial charge on any atom is 0.191 e. The molecule has 1 unspecified atom stereocenters. The maximum atomic E-state index is 13.8. The number of halogens is 2. The van der Waals surface area contributed by atoms with Gasteiger partial charge < -0.3 is 9.30 Å². The van der Waals surface area contributed by atoms with Gasteiger partial charge in [0, 0.05) is 18.9 Å². The highest BCUT2D eigenvalue weighted by molar-refractivity contribution is 7.98. The lowest BCUT2D eigenvalue weighted by atomic mass is 10.1. The van der Waals surface area contributed by atoms with Crippen LogP contribution in [0.2, 0.25) is 0 Å². The van der Waals surface area contributed by atoms with Crippen LogP contribution in [0, 0.1) is 18.6 Å². The van der Waals surface area contributed by atoms with E-state index in [4.69, 9.17) is 4.74 Å². The van der Waals surface area contributed by atoms with Crippen molar-refractivity contribution >= 4 is 11.8 Å². The van der Waals surface area contributed by atoms with E-state index in [1.54, 1.807) is 18.7 Å². The van der Waals surface area contributed by atoms with E-state index in [2.05, 4.69) is 29.3 Å². The lowest BCUT2D eigenvalue weighted by Gasteiger charge is -2.14. The number of rotatable bonds is 6. The van der Waals surface area contributed by atoms with E-state index in [1.165, 1.54) is 17.2 Å².